The fourth-order valence-corrected chi connectivity index (χ4v) is 1.94. The fraction of sp³-hybridized carbons (Fsp3) is 0.300. The molecule has 0 fully saturated rings. The Balaban J connectivity index is 3.20. The largest absolute Gasteiger partial charge is 0.493 e. The first-order valence-electron chi connectivity index (χ1n) is 4.19. The number of carbonyl (C=O) groups is 1. The van der Waals surface area contributed by atoms with Crippen molar-refractivity contribution >= 4 is 44.3 Å². The lowest BCUT2D eigenvalue weighted by Crippen LogP contribution is -1.99. The second-order valence-electron chi connectivity index (χ2n) is 2.76. The predicted octanol–water partition coefficient (Wildman–Crippen LogP) is 3.66. The molecule has 14 heavy (non-hydrogen) atoms. The van der Waals surface area contributed by atoms with Crippen LogP contribution in [0.3, 0.4) is 0 Å². The van der Waals surface area contributed by atoms with Crippen LogP contribution in [-0.2, 0) is 0 Å². The molecule has 0 radical (unpaired) electrons. The number of Topliss-reactive ketones (excluding diaryl/α,β-unsaturated/α-hetero) is 1. The summed E-state index contributed by atoms with van der Waals surface area (Å²) in [4.78, 5) is 11.2. The molecule has 0 bridgehead atoms. The smallest absolute Gasteiger partial charge is 0.159 e. The molecule has 0 heterocycles. The topological polar surface area (TPSA) is 26.3 Å². The minimum absolute atomic E-state index is 0.0445. The highest BCUT2D eigenvalue weighted by molar-refractivity contribution is 14.1. The molecule has 0 saturated heterocycles. The molecule has 1 aromatic rings. The molecule has 0 aliphatic rings. The molecule has 0 aliphatic heterocycles. The third-order valence-electron chi connectivity index (χ3n) is 1.70. The van der Waals surface area contributed by atoms with Gasteiger partial charge in [0.2, 0.25) is 0 Å². The molecule has 0 saturated carbocycles. The summed E-state index contributed by atoms with van der Waals surface area (Å²) in [6, 6.07) is 3.59. The van der Waals surface area contributed by atoms with Gasteiger partial charge < -0.3 is 4.74 Å². The molecule has 0 atom stereocenters. The Hall–Kier alpha value is -0.100. The Morgan fingerprint density at radius 1 is 1.57 bits per heavy atom. The number of benzene rings is 1. The van der Waals surface area contributed by atoms with Gasteiger partial charge in [0, 0.05) is 10.0 Å². The summed E-state index contributed by atoms with van der Waals surface area (Å²) in [6.07, 6.45) is 0. The number of hydrogen-bond donors (Lipinski definition) is 0. The van der Waals surface area contributed by atoms with Gasteiger partial charge in [-0.1, -0.05) is 0 Å². The molecule has 0 aliphatic carbocycles. The lowest BCUT2D eigenvalue weighted by Gasteiger charge is -2.08. The molecular formula is C10H10BrIO2. The SMILES string of the molecule is CCOc1cc(C(C)=O)cc(Br)c1I. The van der Waals surface area contributed by atoms with Crippen molar-refractivity contribution < 1.29 is 9.53 Å². The van der Waals surface area contributed by atoms with E-state index in [0.717, 1.165) is 13.8 Å². The second-order valence-corrected chi connectivity index (χ2v) is 4.69. The van der Waals surface area contributed by atoms with Gasteiger partial charge in [0.25, 0.3) is 0 Å². The van der Waals surface area contributed by atoms with Crippen molar-refractivity contribution in [1.82, 2.24) is 0 Å². The van der Waals surface area contributed by atoms with Crippen LogP contribution >= 0.6 is 38.5 Å². The molecule has 2 nitrogen and oxygen atoms in total. The summed E-state index contributed by atoms with van der Waals surface area (Å²) < 4.78 is 7.31. The van der Waals surface area contributed by atoms with Gasteiger partial charge in [-0.2, -0.15) is 0 Å². The van der Waals surface area contributed by atoms with Crippen LogP contribution in [0, 0.1) is 3.57 Å². The summed E-state index contributed by atoms with van der Waals surface area (Å²) in [5.74, 6) is 0.802. The highest BCUT2D eigenvalue weighted by atomic mass is 127. The zero-order valence-corrected chi connectivity index (χ0v) is 11.7. The number of carbonyl (C=O) groups excluding carboxylic acids is 1. The normalized spacial score (nSPS) is 10.0. The van der Waals surface area contributed by atoms with Crippen LogP contribution in [0.25, 0.3) is 0 Å². The van der Waals surface area contributed by atoms with Crippen LogP contribution in [0.4, 0.5) is 0 Å². The van der Waals surface area contributed by atoms with E-state index >= 15 is 0 Å². The van der Waals surface area contributed by atoms with Crippen LogP contribution in [0.15, 0.2) is 16.6 Å². The van der Waals surface area contributed by atoms with Crippen molar-refractivity contribution in [2.24, 2.45) is 0 Å². The third-order valence-corrected chi connectivity index (χ3v) is 4.18. The molecule has 0 N–H and O–H groups in total. The first-order chi connectivity index (χ1) is 6.56. The van der Waals surface area contributed by atoms with Gasteiger partial charge in [-0.15, -0.1) is 0 Å². The van der Waals surface area contributed by atoms with E-state index in [9.17, 15) is 4.79 Å². The van der Waals surface area contributed by atoms with E-state index in [0.29, 0.717) is 12.2 Å². The van der Waals surface area contributed by atoms with Crippen molar-refractivity contribution in [3.63, 3.8) is 0 Å². The van der Waals surface area contributed by atoms with Crippen LogP contribution in [0.2, 0.25) is 0 Å². The molecule has 4 heteroatoms. The molecule has 0 aromatic heterocycles. The summed E-state index contributed by atoms with van der Waals surface area (Å²) >= 11 is 5.58. The van der Waals surface area contributed by atoms with E-state index in [1.165, 1.54) is 0 Å². The summed E-state index contributed by atoms with van der Waals surface area (Å²) in [6.45, 7) is 4.07. The number of ketones is 1. The summed E-state index contributed by atoms with van der Waals surface area (Å²) in [5, 5.41) is 0. The predicted molar refractivity (Wildman–Crippen MR) is 68.0 cm³/mol. The average Bonchev–Trinajstić information content (AvgIpc) is 2.12. The standard InChI is InChI=1S/C10H10BrIO2/c1-3-14-9-5-7(6(2)13)4-8(11)10(9)12/h4-5H,3H2,1-2H3. The Morgan fingerprint density at radius 3 is 2.71 bits per heavy atom. The lowest BCUT2D eigenvalue weighted by atomic mass is 10.1. The monoisotopic (exact) mass is 368 g/mol. The summed E-state index contributed by atoms with van der Waals surface area (Å²) in [7, 11) is 0. The van der Waals surface area contributed by atoms with Gasteiger partial charge >= 0.3 is 0 Å². The van der Waals surface area contributed by atoms with E-state index in [2.05, 4.69) is 38.5 Å². The lowest BCUT2D eigenvalue weighted by molar-refractivity contribution is 0.101. The Labute approximate surface area is 105 Å². The van der Waals surface area contributed by atoms with Crippen molar-refractivity contribution in [1.29, 1.82) is 0 Å². The van der Waals surface area contributed by atoms with Crippen LogP contribution in [0.5, 0.6) is 5.75 Å². The fourth-order valence-electron chi connectivity index (χ4n) is 1.03. The van der Waals surface area contributed by atoms with E-state index < -0.39 is 0 Å². The van der Waals surface area contributed by atoms with E-state index in [1.807, 2.05) is 13.0 Å². The Morgan fingerprint density at radius 2 is 2.21 bits per heavy atom. The number of halogens is 2. The quantitative estimate of drug-likeness (QED) is 0.601. The van der Waals surface area contributed by atoms with Crippen molar-refractivity contribution in [2.75, 3.05) is 6.61 Å². The first-order valence-corrected chi connectivity index (χ1v) is 6.06. The molecule has 0 spiro atoms. The zero-order valence-electron chi connectivity index (χ0n) is 7.93. The number of hydrogen-bond acceptors (Lipinski definition) is 2. The van der Waals surface area contributed by atoms with Crippen molar-refractivity contribution in [2.45, 2.75) is 13.8 Å². The highest BCUT2D eigenvalue weighted by Crippen LogP contribution is 2.30. The third kappa shape index (κ3) is 2.70. The first kappa shape index (κ1) is 12.0. The average molecular weight is 369 g/mol. The molecule has 0 unspecified atom stereocenters. The van der Waals surface area contributed by atoms with Crippen LogP contribution < -0.4 is 4.74 Å². The molecule has 76 valence electrons. The number of ether oxygens (including phenoxy) is 1. The van der Waals surface area contributed by atoms with Crippen molar-refractivity contribution in [3.8, 4) is 5.75 Å². The molecule has 1 rings (SSSR count). The minimum atomic E-state index is 0.0445. The van der Waals surface area contributed by atoms with Gasteiger partial charge in [0.05, 0.1) is 10.2 Å². The van der Waals surface area contributed by atoms with Gasteiger partial charge in [0.15, 0.2) is 5.78 Å². The Bertz CT molecular complexity index is 363. The molecular weight excluding hydrogens is 359 g/mol. The van der Waals surface area contributed by atoms with Crippen molar-refractivity contribution in [3.05, 3.63) is 25.7 Å². The second kappa shape index (κ2) is 5.11. The maximum Gasteiger partial charge on any atom is 0.159 e. The minimum Gasteiger partial charge on any atom is -0.493 e. The van der Waals surface area contributed by atoms with Crippen LogP contribution in [0.1, 0.15) is 24.2 Å². The molecule has 1 aromatic carbocycles. The maximum absolute atomic E-state index is 11.2. The highest BCUT2D eigenvalue weighted by Gasteiger charge is 2.09. The van der Waals surface area contributed by atoms with Crippen LogP contribution in [-0.4, -0.2) is 12.4 Å². The number of rotatable bonds is 3. The zero-order chi connectivity index (χ0) is 10.7. The van der Waals surface area contributed by atoms with Gasteiger partial charge in [0.1, 0.15) is 5.75 Å². The van der Waals surface area contributed by atoms with Gasteiger partial charge in [-0.25, -0.2) is 0 Å². The molecule has 0 amide bonds. The van der Waals surface area contributed by atoms with Gasteiger partial charge in [-0.05, 0) is 64.5 Å². The van der Waals surface area contributed by atoms with E-state index in [4.69, 9.17) is 4.74 Å². The van der Waals surface area contributed by atoms with E-state index in [-0.39, 0.29) is 5.78 Å². The van der Waals surface area contributed by atoms with E-state index in [1.54, 1.807) is 13.0 Å². The maximum atomic E-state index is 11.2. The van der Waals surface area contributed by atoms with Gasteiger partial charge in [-0.3, -0.25) is 4.79 Å². The Kier molecular flexibility index (Phi) is 4.37. The summed E-state index contributed by atoms with van der Waals surface area (Å²) in [5.41, 5.74) is 0.667.